The van der Waals surface area contributed by atoms with E-state index in [0.29, 0.717) is 13.0 Å². The molecule has 1 aromatic rings. The maximum atomic E-state index is 11.0. The summed E-state index contributed by atoms with van der Waals surface area (Å²) in [6.07, 6.45) is 8.23. The first-order valence-corrected chi connectivity index (χ1v) is 11.5. The first-order valence-electron chi connectivity index (χ1n) is 11.5. The number of ether oxygens (including phenoxy) is 2. The molecule has 1 aliphatic rings. The summed E-state index contributed by atoms with van der Waals surface area (Å²) in [5.74, 6) is -1.61. The van der Waals surface area contributed by atoms with E-state index in [9.17, 15) is 9.59 Å². The molecule has 0 radical (unpaired) electrons. The van der Waals surface area contributed by atoms with E-state index in [0.717, 1.165) is 6.42 Å². The molecule has 174 valence electrons. The standard InChI is InChI=1S/C24H37NO6/c1-3-4-5-6-7-8-9-10-19-11-13-20(14-12-19)18-25(2)21-15-16-24(17-21,30-22(26)27)31-23(28)29/h11-14,21H,3-10,15-18H2,1-2H3,(H,26,27)(H,28,29). The minimum atomic E-state index is -1.61. The Morgan fingerprint density at radius 3 is 2.10 bits per heavy atom. The minimum absolute atomic E-state index is 0.0221. The molecule has 0 heterocycles. The van der Waals surface area contributed by atoms with Crippen molar-refractivity contribution in [3.63, 3.8) is 0 Å². The molecule has 0 saturated heterocycles. The molecule has 31 heavy (non-hydrogen) atoms. The van der Waals surface area contributed by atoms with Crippen LogP contribution in [0.5, 0.6) is 0 Å². The highest BCUT2D eigenvalue weighted by atomic mass is 16.8. The average molecular weight is 436 g/mol. The van der Waals surface area contributed by atoms with Gasteiger partial charge in [-0.2, -0.15) is 0 Å². The van der Waals surface area contributed by atoms with Crippen molar-refractivity contribution in [3.8, 4) is 0 Å². The molecule has 0 aliphatic heterocycles. The number of benzene rings is 1. The second-order valence-corrected chi connectivity index (χ2v) is 8.65. The second-order valence-electron chi connectivity index (χ2n) is 8.65. The van der Waals surface area contributed by atoms with Crippen molar-refractivity contribution in [1.29, 1.82) is 0 Å². The summed E-state index contributed by atoms with van der Waals surface area (Å²) in [5, 5.41) is 17.9. The number of rotatable bonds is 13. The molecule has 2 rings (SSSR count). The van der Waals surface area contributed by atoms with Crippen LogP contribution in [-0.4, -0.2) is 46.3 Å². The fourth-order valence-corrected chi connectivity index (χ4v) is 4.36. The van der Waals surface area contributed by atoms with Gasteiger partial charge in [-0.3, -0.25) is 4.90 Å². The van der Waals surface area contributed by atoms with Crippen LogP contribution in [0.25, 0.3) is 0 Å². The maximum Gasteiger partial charge on any atom is 0.509 e. The molecule has 0 aromatic heterocycles. The lowest BCUT2D eigenvalue weighted by Crippen LogP contribution is -2.39. The van der Waals surface area contributed by atoms with E-state index in [4.69, 9.17) is 19.7 Å². The van der Waals surface area contributed by atoms with Crippen molar-refractivity contribution in [2.24, 2.45) is 0 Å². The van der Waals surface area contributed by atoms with Crippen molar-refractivity contribution in [3.05, 3.63) is 35.4 Å². The Kier molecular flexibility index (Phi) is 10.1. The van der Waals surface area contributed by atoms with E-state index >= 15 is 0 Å². The van der Waals surface area contributed by atoms with Gasteiger partial charge in [-0.05, 0) is 37.4 Å². The highest BCUT2D eigenvalue weighted by molar-refractivity contribution is 5.60. The number of nitrogens with zero attached hydrogens (tertiary/aromatic N) is 1. The van der Waals surface area contributed by atoms with Crippen molar-refractivity contribution >= 4 is 12.3 Å². The van der Waals surface area contributed by atoms with Crippen LogP contribution >= 0.6 is 0 Å². The Bertz CT molecular complexity index is 674. The summed E-state index contributed by atoms with van der Waals surface area (Å²) in [4.78, 5) is 24.1. The van der Waals surface area contributed by atoms with E-state index in [1.807, 2.05) is 7.05 Å². The molecular formula is C24H37NO6. The zero-order valence-electron chi connectivity index (χ0n) is 18.8. The van der Waals surface area contributed by atoms with Gasteiger partial charge < -0.3 is 19.7 Å². The Hall–Kier alpha value is -2.28. The topological polar surface area (TPSA) is 96.3 Å². The number of carboxylic acid groups (broad SMARTS) is 2. The molecule has 1 unspecified atom stereocenters. The van der Waals surface area contributed by atoms with Crippen molar-refractivity contribution in [2.45, 2.75) is 95.9 Å². The molecule has 7 heteroatoms. The Labute approximate surface area is 185 Å². The van der Waals surface area contributed by atoms with Crippen LogP contribution in [0.3, 0.4) is 0 Å². The van der Waals surface area contributed by atoms with Gasteiger partial charge >= 0.3 is 12.3 Å². The van der Waals surface area contributed by atoms with Gasteiger partial charge in [0, 0.05) is 25.4 Å². The molecule has 0 spiro atoms. The predicted octanol–water partition coefficient (Wildman–Crippen LogP) is 6.05. The predicted molar refractivity (Wildman–Crippen MR) is 118 cm³/mol. The number of hydrogen-bond donors (Lipinski definition) is 2. The fourth-order valence-electron chi connectivity index (χ4n) is 4.36. The highest BCUT2D eigenvalue weighted by Gasteiger charge is 2.47. The molecule has 7 nitrogen and oxygen atoms in total. The SMILES string of the molecule is CCCCCCCCCc1ccc(CN(C)C2CCC(OC(=O)O)(OC(=O)O)C2)cc1. The second kappa shape index (κ2) is 12.5. The van der Waals surface area contributed by atoms with Crippen LogP contribution in [-0.2, 0) is 22.4 Å². The van der Waals surface area contributed by atoms with E-state index in [-0.39, 0.29) is 18.9 Å². The first kappa shape index (κ1) is 25.0. The number of carbonyl (C=O) groups is 2. The van der Waals surface area contributed by atoms with Crippen molar-refractivity contribution in [1.82, 2.24) is 4.90 Å². The average Bonchev–Trinajstić information content (AvgIpc) is 3.10. The molecule has 0 bridgehead atoms. The van der Waals surface area contributed by atoms with E-state index in [1.165, 1.54) is 56.1 Å². The van der Waals surface area contributed by atoms with E-state index in [2.05, 4.69) is 36.1 Å². The largest absolute Gasteiger partial charge is 0.509 e. The van der Waals surface area contributed by atoms with Gasteiger partial charge in [0.05, 0.1) is 0 Å². The molecule has 0 amide bonds. The Morgan fingerprint density at radius 2 is 1.52 bits per heavy atom. The van der Waals surface area contributed by atoms with Gasteiger partial charge in [-0.25, -0.2) is 9.59 Å². The number of unbranched alkanes of at least 4 members (excludes halogenated alkanes) is 6. The summed E-state index contributed by atoms with van der Waals surface area (Å²) < 4.78 is 9.63. The van der Waals surface area contributed by atoms with Gasteiger partial charge in [-0.15, -0.1) is 0 Å². The first-order chi connectivity index (χ1) is 14.8. The summed E-state index contributed by atoms with van der Waals surface area (Å²) in [6.45, 7) is 2.93. The lowest BCUT2D eigenvalue weighted by molar-refractivity contribution is -0.179. The monoisotopic (exact) mass is 435 g/mol. The fraction of sp³-hybridized carbons (Fsp3) is 0.667. The summed E-state index contributed by atoms with van der Waals surface area (Å²) in [6, 6.07) is 8.61. The summed E-state index contributed by atoms with van der Waals surface area (Å²) >= 11 is 0. The molecular weight excluding hydrogens is 398 g/mol. The third-order valence-corrected chi connectivity index (χ3v) is 6.10. The third kappa shape index (κ3) is 8.77. The molecule has 1 atom stereocenters. The van der Waals surface area contributed by atoms with Crippen molar-refractivity contribution < 1.29 is 29.3 Å². The van der Waals surface area contributed by atoms with Gasteiger partial charge in [0.2, 0.25) is 0 Å². The zero-order valence-corrected chi connectivity index (χ0v) is 18.8. The third-order valence-electron chi connectivity index (χ3n) is 6.10. The van der Waals surface area contributed by atoms with Gasteiger partial charge in [-0.1, -0.05) is 69.7 Å². The van der Waals surface area contributed by atoms with Crippen LogP contribution in [0.4, 0.5) is 9.59 Å². The molecule has 1 aliphatic carbocycles. The molecule has 2 N–H and O–H groups in total. The smallest absolute Gasteiger partial charge is 0.450 e. The number of aryl methyl sites for hydroxylation is 1. The maximum absolute atomic E-state index is 11.0. The normalized spacial score (nSPS) is 17.6. The van der Waals surface area contributed by atoms with Crippen LogP contribution < -0.4 is 0 Å². The summed E-state index contributed by atoms with van der Waals surface area (Å²) in [7, 11) is 1.95. The molecule has 1 saturated carbocycles. The quantitative estimate of drug-likeness (QED) is 0.221. The van der Waals surface area contributed by atoms with E-state index < -0.39 is 18.1 Å². The summed E-state index contributed by atoms with van der Waals surface area (Å²) in [5.41, 5.74) is 2.52. The van der Waals surface area contributed by atoms with Gasteiger partial charge in [0.25, 0.3) is 5.79 Å². The lowest BCUT2D eigenvalue weighted by Gasteiger charge is -2.28. The van der Waals surface area contributed by atoms with Crippen LogP contribution in [0.1, 0.15) is 82.3 Å². The zero-order chi connectivity index (χ0) is 22.7. The van der Waals surface area contributed by atoms with Crippen LogP contribution in [0, 0.1) is 0 Å². The molecule has 1 aromatic carbocycles. The highest BCUT2D eigenvalue weighted by Crippen LogP contribution is 2.37. The Balaban J connectivity index is 1.78. The number of hydrogen-bond acceptors (Lipinski definition) is 5. The van der Waals surface area contributed by atoms with Crippen LogP contribution in [0.15, 0.2) is 24.3 Å². The molecule has 1 fully saturated rings. The van der Waals surface area contributed by atoms with E-state index in [1.54, 1.807) is 0 Å². The van der Waals surface area contributed by atoms with Crippen molar-refractivity contribution in [2.75, 3.05) is 7.05 Å². The van der Waals surface area contributed by atoms with Crippen LogP contribution in [0.2, 0.25) is 0 Å². The van der Waals surface area contributed by atoms with Gasteiger partial charge in [0.1, 0.15) is 0 Å². The minimum Gasteiger partial charge on any atom is -0.450 e. The Morgan fingerprint density at radius 1 is 0.968 bits per heavy atom. The lowest BCUT2D eigenvalue weighted by atomic mass is 10.0. The van der Waals surface area contributed by atoms with Gasteiger partial charge in [0.15, 0.2) is 0 Å².